The number of nitrogens with one attached hydrogen (secondary N) is 1. The van der Waals surface area contributed by atoms with Crippen molar-refractivity contribution in [2.24, 2.45) is 0 Å². The van der Waals surface area contributed by atoms with E-state index in [0.29, 0.717) is 13.0 Å². The standard InChI is InChI=1S/C23H19F4N7O3S/c1-32-8-5-16(21(32)36)34-11-15(30-20(35)14-10-29-33-7-2-6-28-19(14)33)18(31-34)13-9-12(38-23(26)27)3-4-17(13)37-22(24)25/h2-4,6-7,9-11,16,22-23H,5,8H2,1H3,(H,30,35)/t16-/m0/s1. The molecule has 1 atom stereocenters. The van der Waals surface area contributed by atoms with Gasteiger partial charge in [0.25, 0.3) is 11.7 Å². The molecule has 38 heavy (non-hydrogen) atoms. The van der Waals surface area contributed by atoms with E-state index in [0.717, 1.165) is 6.07 Å². The molecule has 10 nitrogen and oxygen atoms in total. The minimum atomic E-state index is -3.21. The Morgan fingerprint density at radius 3 is 2.79 bits per heavy atom. The smallest absolute Gasteiger partial charge is 0.387 e. The number of amides is 2. The van der Waals surface area contributed by atoms with Crippen LogP contribution < -0.4 is 10.1 Å². The molecule has 15 heteroatoms. The highest BCUT2D eigenvalue weighted by molar-refractivity contribution is 7.99. The number of carbonyl (C=O) groups is 2. The lowest BCUT2D eigenvalue weighted by Crippen LogP contribution is -2.24. The predicted octanol–water partition coefficient (Wildman–Crippen LogP) is 4.16. The van der Waals surface area contributed by atoms with Crippen LogP contribution in [-0.2, 0) is 4.79 Å². The number of nitrogens with zero attached hydrogens (tertiary/aromatic N) is 6. The van der Waals surface area contributed by atoms with Crippen LogP contribution in [0.3, 0.4) is 0 Å². The van der Waals surface area contributed by atoms with Gasteiger partial charge in [-0.15, -0.1) is 0 Å². The molecule has 0 aliphatic carbocycles. The number of hydrogen-bond acceptors (Lipinski definition) is 7. The van der Waals surface area contributed by atoms with Crippen LogP contribution >= 0.6 is 11.8 Å². The largest absolute Gasteiger partial charge is 0.434 e. The SMILES string of the molecule is CN1CC[C@H](n2cc(NC(=O)c3cnn4cccnc34)c(-c3cc(SC(F)F)ccc3OC(F)F)n2)C1=O. The average Bonchev–Trinajstić information content (AvgIpc) is 3.57. The topological polar surface area (TPSA) is 107 Å². The minimum Gasteiger partial charge on any atom is -0.434 e. The van der Waals surface area contributed by atoms with Crippen molar-refractivity contribution in [2.75, 3.05) is 18.9 Å². The van der Waals surface area contributed by atoms with Gasteiger partial charge in [-0.05, 0) is 30.7 Å². The van der Waals surface area contributed by atoms with Crippen LogP contribution in [0.1, 0.15) is 22.8 Å². The Hall–Kier alpha value is -4.14. The second kappa shape index (κ2) is 10.3. The molecule has 1 aliphatic rings. The number of thioether (sulfide) groups is 1. The third kappa shape index (κ3) is 5.01. The summed E-state index contributed by atoms with van der Waals surface area (Å²) in [5.74, 6) is -3.97. The maximum Gasteiger partial charge on any atom is 0.387 e. The van der Waals surface area contributed by atoms with Crippen LogP contribution in [0.4, 0.5) is 23.2 Å². The summed E-state index contributed by atoms with van der Waals surface area (Å²) in [5, 5.41) is 11.2. The first-order chi connectivity index (χ1) is 18.2. The number of aromatic nitrogens is 5. The number of fused-ring (bicyclic) bond motifs is 1. The molecule has 0 saturated carbocycles. The van der Waals surface area contributed by atoms with E-state index in [1.165, 1.54) is 44.8 Å². The first-order valence-electron chi connectivity index (χ1n) is 11.2. The summed E-state index contributed by atoms with van der Waals surface area (Å²) in [5.41, 5.74) is 0.320. The minimum absolute atomic E-state index is 0.0440. The molecule has 3 aromatic heterocycles. The molecule has 2 amide bonds. The van der Waals surface area contributed by atoms with Crippen molar-refractivity contribution in [3.05, 3.63) is 54.6 Å². The molecular weight excluding hydrogens is 530 g/mol. The van der Waals surface area contributed by atoms with Gasteiger partial charge in [-0.2, -0.15) is 27.8 Å². The molecule has 1 saturated heterocycles. The van der Waals surface area contributed by atoms with Gasteiger partial charge >= 0.3 is 6.61 Å². The number of ether oxygens (including phenoxy) is 1. The van der Waals surface area contributed by atoms with E-state index in [1.807, 2.05) is 0 Å². The Kier molecular flexibility index (Phi) is 6.93. The normalized spacial score (nSPS) is 15.7. The fourth-order valence-electron chi connectivity index (χ4n) is 4.14. The number of alkyl halides is 4. The first-order valence-corrected chi connectivity index (χ1v) is 12.1. The maximum atomic E-state index is 13.2. The van der Waals surface area contributed by atoms with Crippen molar-refractivity contribution in [2.45, 2.75) is 29.7 Å². The Labute approximate surface area is 216 Å². The molecule has 1 aliphatic heterocycles. The van der Waals surface area contributed by atoms with Gasteiger partial charge in [-0.1, -0.05) is 11.8 Å². The van der Waals surface area contributed by atoms with E-state index >= 15 is 0 Å². The van der Waals surface area contributed by atoms with Crippen molar-refractivity contribution < 1.29 is 31.9 Å². The Morgan fingerprint density at radius 2 is 2.08 bits per heavy atom. The van der Waals surface area contributed by atoms with Gasteiger partial charge < -0.3 is 15.0 Å². The highest BCUT2D eigenvalue weighted by Gasteiger charge is 2.33. The summed E-state index contributed by atoms with van der Waals surface area (Å²) in [6, 6.07) is 4.49. The van der Waals surface area contributed by atoms with E-state index in [9.17, 15) is 27.2 Å². The quantitative estimate of drug-likeness (QED) is 0.260. The third-order valence-corrected chi connectivity index (χ3v) is 6.57. The number of hydrogen-bond donors (Lipinski definition) is 1. The van der Waals surface area contributed by atoms with E-state index in [-0.39, 0.29) is 56.5 Å². The van der Waals surface area contributed by atoms with Crippen LogP contribution in [0.25, 0.3) is 16.9 Å². The number of rotatable bonds is 8. The van der Waals surface area contributed by atoms with Crippen molar-refractivity contribution in [1.29, 1.82) is 0 Å². The number of carbonyl (C=O) groups excluding carboxylic acids is 2. The maximum absolute atomic E-state index is 13.2. The summed E-state index contributed by atoms with van der Waals surface area (Å²) in [6.45, 7) is -2.74. The van der Waals surface area contributed by atoms with Crippen molar-refractivity contribution in [3.63, 3.8) is 0 Å². The van der Waals surface area contributed by atoms with Crippen LogP contribution in [-0.4, -0.2) is 67.1 Å². The zero-order valence-corrected chi connectivity index (χ0v) is 20.4. The van der Waals surface area contributed by atoms with Gasteiger partial charge in [0.15, 0.2) is 5.65 Å². The van der Waals surface area contributed by atoms with E-state index in [2.05, 4.69) is 25.2 Å². The van der Waals surface area contributed by atoms with Gasteiger partial charge in [0.1, 0.15) is 23.0 Å². The lowest BCUT2D eigenvalue weighted by molar-refractivity contribution is -0.129. The lowest BCUT2D eigenvalue weighted by atomic mass is 10.1. The number of likely N-dealkylation sites (tertiary alicyclic amines) is 1. The first kappa shape index (κ1) is 25.5. The summed E-state index contributed by atoms with van der Waals surface area (Å²) in [4.78, 5) is 31.6. The van der Waals surface area contributed by atoms with Gasteiger partial charge in [0.05, 0.1) is 18.1 Å². The van der Waals surface area contributed by atoms with E-state index in [4.69, 9.17) is 0 Å². The van der Waals surface area contributed by atoms with Crippen LogP contribution in [0, 0.1) is 0 Å². The molecule has 0 unspecified atom stereocenters. The van der Waals surface area contributed by atoms with Gasteiger partial charge in [0.2, 0.25) is 5.91 Å². The van der Waals surface area contributed by atoms with E-state index in [1.54, 1.807) is 19.3 Å². The number of likely N-dealkylation sites (N-methyl/N-ethyl adjacent to an activating group) is 1. The lowest BCUT2D eigenvalue weighted by Gasteiger charge is -2.13. The summed E-state index contributed by atoms with van der Waals surface area (Å²) < 4.78 is 59.9. The Bertz CT molecular complexity index is 1510. The van der Waals surface area contributed by atoms with Crippen molar-refractivity contribution in [1.82, 2.24) is 29.3 Å². The molecule has 0 radical (unpaired) electrons. The second-order valence-electron chi connectivity index (χ2n) is 8.25. The van der Waals surface area contributed by atoms with Crippen LogP contribution in [0.5, 0.6) is 5.75 Å². The molecule has 1 N–H and O–H groups in total. The highest BCUT2D eigenvalue weighted by Crippen LogP contribution is 2.40. The predicted molar refractivity (Wildman–Crippen MR) is 128 cm³/mol. The van der Waals surface area contributed by atoms with Gasteiger partial charge in [-0.25, -0.2) is 9.50 Å². The van der Waals surface area contributed by atoms with Crippen LogP contribution in [0.2, 0.25) is 0 Å². The molecule has 1 fully saturated rings. The molecule has 1 aromatic carbocycles. The molecule has 198 valence electrons. The molecule has 0 spiro atoms. The molecule has 4 aromatic rings. The molecular formula is C23H19F4N7O3S. The molecule has 4 heterocycles. The zero-order chi connectivity index (χ0) is 27.0. The fourth-order valence-corrected chi connectivity index (χ4v) is 4.68. The van der Waals surface area contributed by atoms with Gasteiger partial charge in [0, 0.05) is 36.4 Å². The van der Waals surface area contributed by atoms with E-state index < -0.39 is 24.3 Å². The summed E-state index contributed by atoms with van der Waals surface area (Å²) in [7, 11) is 1.63. The Morgan fingerprint density at radius 1 is 1.26 bits per heavy atom. The highest BCUT2D eigenvalue weighted by atomic mass is 32.2. The van der Waals surface area contributed by atoms with Crippen LogP contribution in [0.15, 0.2) is 53.9 Å². The fraction of sp³-hybridized carbons (Fsp3) is 0.261. The third-order valence-electron chi connectivity index (χ3n) is 5.87. The van der Waals surface area contributed by atoms with Crippen molar-refractivity contribution in [3.8, 4) is 17.0 Å². The average molecular weight is 550 g/mol. The van der Waals surface area contributed by atoms with Gasteiger partial charge in [-0.3, -0.25) is 14.3 Å². The monoisotopic (exact) mass is 549 g/mol. The summed E-state index contributed by atoms with van der Waals surface area (Å²) >= 11 is 0.208. The summed E-state index contributed by atoms with van der Waals surface area (Å²) in [6.07, 6.45) is 6.21. The molecule has 0 bridgehead atoms. The number of benzene rings is 1. The Balaban J connectivity index is 1.61. The van der Waals surface area contributed by atoms with Crippen molar-refractivity contribution >= 4 is 34.9 Å². The zero-order valence-electron chi connectivity index (χ0n) is 19.6. The second-order valence-corrected chi connectivity index (χ2v) is 9.31. The molecule has 5 rings (SSSR count). The number of anilines is 1. The number of halogens is 4.